The van der Waals surface area contributed by atoms with Crippen molar-refractivity contribution in [3.05, 3.63) is 47.5 Å². The van der Waals surface area contributed by atoms with E-state index in [1.807, 2.05) is 6.08 Å². The van der Waals surface area contributed by atoms with E-state index in [4.69, 9.17) is 4.74 Å². The van der Waals surface area contributed by atoms with Gasteiger partial charge in [0.05, 0.1) is 0 Å². The summed E-state index contributed by atoms with van der Waals surface area (Å²) < 4.78 is 6.16. The van der Waals surface area contributed by atoms with Gasteiger partial charge in [-0.25, -0.2) is 4.79 Å². The zero-order chi connectivity index (χ0) is 21.9. The number of hydrogen-bond acceptors (Lipinski definition) is 2. The summed E-state index contributed by atoms with van der Waals surface area (Å²) in [7, 11) is 0. The number of allylic oxidation sites excluding steroid dienone is 1. The molecule has 0 saturated heterocycles. The van der Waals surface area contributed by atoms with Gasteiger partial charge in [0.2, 0.25) is 0 Å². The van der Waals surface area contributed by atoms with Crippen LogP contribution in [0.5, 0.6) is 0 Å². The van der Waals surface area contributed by atoms with E-state index in [1.54, 1.807) is 0 Å². The van der Waals surface area contributed by atoms with Crippen LogP contribution in [0.15, 0.2) is 42.0 Å². The molecule has 2 fully saturated rings. The highest BCUT2D eigenvalue weighted by atomic mass is 16.5. The number of carbonyl (C=O) groups is 1. The molecule has 3 atom stereocenters. The van der Waals surface area contributed by atoms with Gasteiger partial charge in [-0.2, -0.15) is 0 Å². The Labute approximate surface area is 184 Å². The topological polar surface area (TPSA) is 26.3 Å². The molecular weight excluding hydrogens is 368 g/mol. The minimum Gasteiger partial charge on any atom is -0.459 e. The molecule has 2 aliphatic carbocycles. The highest BCUT2D eigenvalue weighted by molar-refractivity contribution is 5.83. The van der Waals surface area contributed by atoms with Gasteiger partial charge < -0.3 is 4.74 Å². The van der Waals surface area contributed by atoms with Crippen LogP contribution in [-0.2, 0) is 14.9 Å². The summed E-state index contributed by atoms with van der Waals surface area (Å²) in [4.78, 5) is 12.9. The lowest BCUT2D eigenvalue weighted by atomic mass is 9.64. The fourth-order valence-corrected chi connectivity index (χ4v) is 5.72. The molecule has 3 rings (SSSR count). The average Bonchev–Trinajstić information content (AvgIpc) is 2.68. The minimum atomic E-state index is -0.118. The highest BCUT2D eigenvalue weighted by Crippen LogP contribution is 2.44. The lowest BCUT2D eigenvalue weighted by molar-refractivity contribution is -0.150. The molecule has 2 heteroatoms. The van der Waals surface area contributed by atoms with Crippen LogP contribution in [0.4, 0.5) is 0 Å². The molecule has 0 unspecified atom stereocenters. The molecule has 1 aromatic rings. The highest BCUT2D eigenvalue weighted by Gasteiger charge is 2.41. The predicted octanol–water partition coefficient (Wildman–Crippen LogP) is 7.47. The first-order valence-electron chi connectivity index (χ1n) is 12.0. The summed E-state index contributed by atoms with van der Waals surface area (Å²) in [5, 5.41) is 0. The number of ether oxygens (including phenoxy) is 1. The van der Waals surface area contributed by atoms with Crippen LogP contribution in [-0.4, -0.2) is 12.1 Å². The SMILES string of the molecule is C[C@@H]1CC[C@@H](C(C)(C)c2ccccc2)[C@H](OC(=O)C=C2CCC(C(C)(C)C)CC2)C1. The Morgan fingerprint density at radius 1 is 0.967 bits per heavy atom. The summed E-state index contributed by atoms with van der Waals surface area (Å²) in [6.07, 6.45) is 9.58. The molecule has 30 heavy (non-hydrogen) atoms. The van der Waals surface area contributed by atoms with E-state index in [9.17, 15) is 4.79 Å². The lowest BCUT2D eigenvalue weighted by Crippen LogP contribution is -2.43. The van der Waals surface area contributed by atoms with Crippen molar-refractivity contribution in [2.45, 2.75) is 98.0 Å². The fourth-order valence-electron chi connectivity index (χ4n) is 5.72. The van der Waals surface area contributed by atoms with Gasteiger partial charge in [0, 0.05) is 12.0 Å². The minimum absolute atomic E-state index is 0.000722. The van der Waals surface area contributed by atoms with Gasteiger partial charge in [-0.05, 0) is 66.8 Å². The van der Waals surface area contributed by atoms with Crippen molar-refractivity contribution in [2.24, 2.45) is 23.2 Å². The van der Waals surface area contributed by atoms with E-state index in [1.165, 1.54) is 30.4 Å². The smallest absolute Gasteiger partial charge is 0.330 e. The summed E-state index contributed by atoms with van der Waals surface area (Å²) in [5.74, 6) is 1.60. The monoisotopic (exact) mass is 410 g/mol. The number of hydrogen-bond donors (Lipinski definition) is 0. The first-order chi connectivity index (χ1) is 14.1. The first-order valence-corrected chi connectivity index (χ1v) is 12.0. The maximum Gasteiger partial charge on any atom is 0.330 e. The van der Waals surface area contributed by atoms with Crippen molar-refractivity contribution in [2.75, 3.05) is 0 Å². The van der Waals surface area contributed by atoms with Crippen molar-refractivity contribution in [3.8, 4) is 0 Å². The number of benzene rings is 1. The van der Waals surface area contributed by atoms with Crippen molar-refractivity contribution in [3.63, 3.8) is 0 Å². The third-order valence-electron chi connectivity index (χ3n) is 7.94. The summed E-state index contributed by atoms with van der Waals surface area (Å²) in [6.45, 7) is 13.9. The van der Waals surface area contributed by atoms with Crippen molar-refractivity contribution in [1.82, 2.24) is 0 Å². The molecule has 1 aromatic carbocycles. The summed E-state index contributed by atoms with van der Waals surface area (Å²) in [5.41, 5.74) is 2.97. The van der Waals surface area contributed by atoms with Gasteiger partial charge in [-0.1, -0.05) is 83.9 Å². The zero-order valence-corrected chi connectivity index (χ0v) is 20.0. The van der Waals surface area contributed by atoms with Gasteiger partial charge in [0.25, 0.3) is 0 Å². The Balaban J connectivity index is 1.68. The molecule has 0 bridgehead atoms. The van der Waals surface area contributed by atoms with Crippen molar-refractivity contribution >= 4 is 5.97 Å². The molecule has 0 amide bonds. The number of esters is 1. The van der Waals surface area contributed by atoms with E-state index < -0.39 is 0 Å². The van der Waals surface area contributed by atoms with Crippen LogP contribution < -0.4 is 0 Å². The van der Waals surface area contributed by atoms with Gasteiger partial charge in [0.15, 0.2) is 0 Å². The molecule has 0 N–H and O–H groups in total. The Hall–Kier alpha value is -1.57. The van der Waals surface area contributed by atoms with Gasteiger partial charge in [0.1, 0.15) is 6.10 Å². The van der Waals surface area contributed by atoms with Crippen LogP contribution in [0, 0.1) is 23.2 Å². The Morgan fingerprint density at radius 2 is 1.60 bits per heavy atom. The molecule has 0 aliphatic heterocycles. The van der Waals surface area contributed by atoms with E-state index in [2.05, 4.69) is 71.9 Å². The first kappa shape index (κ1) is 23.1. The van der Waals surface area contributed by atoms with Crippen LogP contribution >= 0.6 is 0 Å². The lowest BCUT2D eigenvalue weighted by Gasteiger charge is -2.43. The molecule has 0 aromatic heterocycles. The maximum absolute atomic E-state index is 12.9. The standard InChI is InChI=1S/C28H42O2/c1-20-12-17-24(28(5,6)23-10-8-7-9-11-23)25(18-20)30-26(29)19-21-13-15-22(16-14-21)27(2,3)4/h7-11,19-20,22,24-25H,12-18H2,1-6H3/t20-,22?,24-,25-/m1/s1. The summed E-state index contributed by atoms with van der Waals surface area (Å²) >= 11 is 0. The van der Waals surface area contributed by atoms with E-state index >= 15 is 0 Å². The third-order valence-corrected chi connectivity index (χ3v) is 7.94. The van der Waals surface area contributed by atoms with Gasteiger partial charge >= 0.3 is 5.97 Å². The van der Waals surface area contributed by atoms with Crippen LogP contribution in [0.25, 0.3) is 0 Å². The largest absolute Gasteiger partial charge is 0.459 e. The fraction of sp³-hybridized carbons (Fsp3) is 0.679. The molecule has 2 aliphatic rings. The molecule has 2 saturated carbocycles. The van der Waals surface area contributed by atoms with Gasteiger partial charge in [-0.3, -0.25) is 0 Å². The van der Waals surface area contributed by atoms with E-state index in [-0.39, 0.29) is 17.5 Å². The van der Waals surface area contributed by atoms with Crippen LogP contribution in [0.1, 0.15) is 92.1 Å². The second-order valence-electron chi connectivity index (χ2n) is 11.5. The van der Waals surface area contributed by atoms with Crippen molar-refractivity contribution < 1.29 is 9.53 Å². The van der Waals surface area contributed by atoms with Crippen LogP contribution in [0.2, 0.25) is 0 Å². The van der Waals surface area contributed by atoms with Crippen LogP contribution in [0.3, 0.4) is 0 Å². The molecule has 0 spiro atoms. The maximum atomic E-state index is 12.9. The van der Waals surface area contributed by atoms with E-state index in [0.29, 0.717) is 17.3 Å². The Bertz CT molecular complexity index is 728. The Kier molecular flexibility index (Phi) is 7.15. The number of carbonyl (C=O) groups excluding carboxylic acids is 1. The second kappa shape index (κ2) is 9.28. The molecular formula is C28H42O2. The molecule has 2 nitrogen and oxygen atoms in total. The third kappa shape index (κ3) is 5.56. The van der Waals surface area contributed by atoms with Crippen molar-refractivity contribution in [1.29, 1.82) is 0 Å². The normalized spacial score (nSPS) is 28.1. The average molecular weight is 411 g/mol. The molecule has 166 valence electrons. The zero-order valence-electron chi connectivity index (χ0n) is 20.0. The van der Waals surface area contributed by atoms with E-state index in [0.717, 1.165) is 31.6 Å². The predicted molar refractivity (Wildman–Crippen MR) is 125 cm³/mol. The quantitative estimate of drug-likeness (QED) is 0.380. The number of rotatable bonds is 4. The Morgan fingerprint density at radius 3 is 2.20 bits per heavy atom. The molecule has 0 heterocycles. The molecule has 0 radical (unpaired) electrons. The summed E-state index contributed by atoms with van der Waals surface area (Å²) in [6, 6.07) is 10.7. The van der Waals surface area contributed by atoms with Gasteiger partial charge in [-0.15, -0.1) is 0 Å². The second-order valence-corrected chi connectivity index (χ2v) is 11.5.